The topological polar surface area (TPSA) is 84.2 Å². The minimum absolute atomic E-state index is 0.189. The number of carbonyl (C=O) groups is 2. The lowest BCUT2D eigenvalue weighted by atomic mass is 10.1. The second-order valence-electron chi connectivity index (χ2n) is 4.05. The van der Waals surface area contributed by atoms with E-state index in [-0.39, 0.29) is 11.8 Å². The summed E-state index contributed by atoms with van der Waals surface area (Å²) in [6.07, 6.45) is 2.55. The third kappa shape index (κ3) is 4.82. The van der Waals surface area contributed by atoms with Gasteiger partial charge in [-0.15, -0.1) is 0 Å². The quantitative estimate of drug-likeness (QED) is 0.675. The first kappa shape index (κ1) is 15.4. The van der Waals surface area contributed by atoms with Crippen LogP contribution in [0, 0.1) is 0 Å². The average molecular weight is 281 g/mol. The number of nitrogens with two attached hydrogens (primary N) is 1. The van der Waals surface area contributed by atoms with Crippen LogP contribution in [0.2, 0.25) is 0 Å². The molecule has 6 heteroatoms. The number of hydrogen-bond donors (Lipinski definition) is 3. The van der Waals surface area contributed by atoms with Gasteiger partial charge in [0.2, 0.25) is 5.91 Å². The van der Waals surface area contributed by atoms with Crippen LogP contribution >= 0.6 is 11.8 Å². The molecule has 2 amide bonds. The first-order valence-corrected chi connectivity index (χ1v) is 7.34. The Morgan fingerprint density at radius 2 is 2.16 bits per heavy atom. The number of benzene rings is 1. The Hall–Kier alpha value is -1.69. The molecule has 0 saturated carbocycles. The van der Waals surface area contributed by atoms with Crippen molar-refractivity contribution in [2.45, 2.75) is 12.5 Å². The third-order valence-electron chi connectivity index (χ3n) is 2.63. The summed E-state index contributed by atoms with van der Waals surface area (Å²) in [5, 5.41) is 5.28. The van der Waals surface area contributed by atoms with E-state index >= 15 is 0 Å². The van der Waals surface area contributed by atoms with Crippen molar-refractivity contribution in [1.82, 2.24) is 10.6 Å². The fourth-order valence-electron chi connectivity index (χ4n) is 1.60. The van der Waals surface area contributed by atoms with E-state index in [2.05, 4.69) is 10.6 Å². The molecule has 0 aliphatic carbocycles. The van der Waals surface area contributed by atoms with E-state index in [4.69, 9.17) is 5.73 Å². The summed E-state index contributed by atoms with van der Waals surface area (Å²) >= 11 is 1.63. The number of rotatable bonds is 6. The van der Waals surface area contributed by atoms with Gasteiger partial charge in [0.25, 0.3) is 5.91 Å². The largest absolute Gasteiger partial charge is 0.399 e. The van der Waals surface area contributed by atoms with Crippen molar-refractivity contribution in [3.63, 3.8) is 0 Å². The number of nitrogen functional groups attached to an aromatic ring is 1. The van der Waals surface area contributed by atoms with Crippen molar-refractivity contribution in [2.24, 2.45) is 0 Å². The van der Waals surface area contributed by atoms with Gasteiger partial charge in [0.1, 0.15) is 6.04 Å². The Balaban J connectivity index is 2.72. The first-order chi connectivity index (χ1) is 9.08. The van der Waals surface area contributed by atoms with Gasteiger partial charge in [-0.05, 0) is 36.6 Å². The molecule has 19 heavy (non-hydrogen) atoms. The molecule has 0 radical (unpaired) electrons. The molecule has 0 aliphatic rings. The van der Waals surface area contributed by atoms with Crippen LogP contribution in [0.25, 0.3) is 0 Å². The highest BCUT2D eigenvalue weighted by Crippen LogP contribution is 2.08. The van der Waals surface area contributed by atoms with Crippen LogP contribution in [-0.4, -0.2) is 36.9 Å². The number of likely N-dealkylation sites (N-methyl/N-ethyl adjacent to an activating group) is 1. The van der Waals surface area contributed by atoms with Crippen molar-refractivity contribution < 1.29 is 9.59 Å². The van der Waals surface area contributed by atoms with Gasteiger partial charge in [0.15, 0.2) is 0 Å². The SMILES string of the molecule is CNC(=O)C(CCSC)NC(=O)c1cccc(N)c1. The van der Waals surface area contributed by atoms with Gasteiger partial charge in [-0.2, -0.15) is 11.8 Å². The van der Waals surface area contributed by atoms with E-state index < -0.39 is 6.04 Å². The highest BCUT2D eigenvalue weighted by molar-refractivity contribution is 7.98. The van der Waals surface area contributed by atoms with Crippen LogP contribution in [0.15, 0.2) is 24.3 Å². The number of anilines is 1. The lowest BCUT2D eigenvalue weighted by Gasteiger charge is -2.17. The summed E-state index contributed by atoms with van der Waals surface area (Å²) in [6.45, 7) is 0. The fraction of sp³-hybridized carbons (Fsp3) is 0.385. The van der Waals surface area contributed by atoms with E-state index in [1.807, 2.05) is 6.26 Å². The van der Waals surface area contributed by atoms with Gasteiger partial charge in [-0.25, -0.2) is 0 Å². The molecule has 0 bridgehead atoms. The molecule has 1 aromatic carbocycles. The van der Waals surface area contributed by atoms with Crippen molar-refractivity contribution in [3.05, 3.63) is 29.8 Å². The number of thioether (sulfide) groups is 1. The molecule has 1 rings (SSSR count). The smallest absolute Gasteiger partial charge is 0.252 e. The lowest BCUT2D eigenvalue weighted by molar-refractivity contribution is -0.122. The average Bonchev–Trinajstić information content (AvgIpc) is 2.42. The standard InChI is InChI=1S/C13H19N3O2S/c1-15-13(18)11(6-7-19-2)16-12(17)9-4-3-5-10(14)8-9/h3-5,8,11H,6-7,14H2,1-2H3,(H,15,18)(H,16,17). The zero-order valence-electron chi connectivity index (χ0n) is 11.1. The van der Waals surface area contributed by atoms with Gasteiger partial charge < -0.3 is 16.4 Å². The Labute approximate surface area is 117 Å². The van der Waals surface area contributed by atoms with Crippen LogP contribution in [0.3, 0.4) is 0 Å². The zero-order valence-corrected chi connectivity index (χ0v) is 11.9. The molecule has 0 aliphatic heterocycles. The third-order valence-corrected chi connectivity index (χ3v) is 3.27. The molecule has 0 saturated heterocycles. The van der Waals surface area contributed by atoms with E-state index in [0.29, 0.717) is 17.7 Å². The van der Waals surface area contributed by atoms with Crippen LogP contribution in [0.1, 0.15) is 16.8 Å². The minimum Gasteiger partial charge on any atom is -0.399 e. The number of carbonyl (C=O) groups excluding carboxylic acids is 2. The first-order valence-electron chi connectivity index (χ1n) is 5.95. The van der Waals surface area contributed by atoms with Crippen LogP contribution in [-0.2, 0) is 4.79 Å². The molecule has 1 atom stereocenters. The Kier molecular flexibility index (Phi) is 6.21. The highest BCUT2D eigenvalue weighted by Gasteiger charge is 2.19. The summed E-state index contributed by atoms with van der Waals surface area (Å²) in [4.78, 5) is 23.7. The molecule has 0 spiro atoms. The summed E-state index contributed by atoms with van der Waals surface area (Å²) in [6, 6.07) is 6.15. The summed E-state index contributed by atoms with van der Waals surface area (Å²) in [5.41, 5.74) is 6.61. The lowest BCUT2D eigenvalue weighted by Crippen LogP contribution is -2.46. The molecular formula is C13H19N3O2S. The second kappa shape index (κ2) is 7.68. The van der Waals surface area contributed by atoms with Gasteiger partial charge in [0, 0.05) is 18.3 Å². The van der Waals surface area contributed by atoms with Crippen LogP contribution in [0.5, 0.6) is 0 Å². The van der Waals surface area contributed by atoms with Gasteiger partial charge in [-0.3, -0.25) is 9.59 Å². The Morgan fingerprint density at radius 1 is 1.42 bits per heavy atom. The Morgan fingerprint density at radius 3 is 2.74 bits per heavy atom. The van der Waals surface area contributed by atoms with Gasteiger partial charge >= 0.3 is 0 Å². The molecule has 104 valence electrons. The second-order valence-corrected chi connectivity index (χ2v) is 5.03. The predicted molar refractivity (Wildman–Crippen MR) is 79.2 cm³/mol. The summed E-state index contributed by atoms with van der Waals surface area (Å²) in [7, 11) is 1.56. The van der Waals surface area contributed by atoms with E-state index in [9.17, 15) is 9.59 Å². The maximum Gasteiger partial charge on any atom is 0.252 e. The molecular weight excluding hydrogens is 262 g/mol. The van der Waals surface area contributed by atoms with E-state index in [0.717, 1.165) is 5.75 Å². The van der Waals surface area contributed by atoms with Gasteiger partial charge in [0.05, 0.1) is 0 Å². The van der Waals surface area contributed by atoms with Crippen molar-refractivity contribution in [1.29, 1.82) is 0 Å². The highest BCUT2D eigenvalue weighted by atomic mass is 32.2. The molecule has 0 fully saturated rings. The Bertz CT molecular complexity index is 451. The van der Waals surface area contributed by atoms with Crippen molar-refractivity contribution >= 4 is 29.3 Å². The van der Waals surface area contributed by atoms with Crippen molar-refractivity contribution in [2.75, 3.05) is 24.8 Å². The summed E-state index contributed by atoms with van der Waals surface area (Å²) < 4.78 is 0. The summed E-state index contributed by atoms with van der Waals surface area (Å²) in [5.74, 6) is 0.322. The molecule has 0 aromatic heterocycles. The maximum atomic E-state index is 12.0. The van der Waals surface area contributed by atoms with Gasteiger partial charge in [-0.1, -0.05) is 6.07 Å². The number of amides is 2. The number of nitrogens with one attached hydrogen (secondary N) is 2. The van der Waals surface area contributed by atoms with Crippen LogP contribution in [0.4, 0.5) is 5.69 Å². The molecule has 5 nitrogen and oxygen atoms in total. The maximum absolute atomic E-state index is 12.0. The fourth-order valence-corrected chi connectivity index (χ4v) is 2.07. The van der Waals surface area contributed by atoms with E-state index in [1.165, 1.54) is 0 Å². The predicted octanol–water partition coefficient (Wildman–Crippen LogP) is 0.866. The van der Waals surface area contributed by atoms with Crippen LogP contribution < -0.4 is 16.4 Å². The normalized spacial score (nSPS) is 11.7. The molecule has 1 aromatic rings. The number of hydrogen-bond acceptors (Lipinski definition) is 4. The van der Waals surface area contributed by atoms with E-state index in [1.54, 1.807) is 43.1 Å². The molecule has 4 N–H and O–H groups in total. The zero-order chi connectivity index (χ0) is 14.3. The monoisotopic (exact) mass is 281 g/mol. The minimum atomic E-state index is -0.522. The van der Waals surface area contributed by atoms with Crippen molar-refractivity contribution in [3.8, 4) is 0 Å². The molecule has 0 heterocycles. The molecule has 1 unspecified atom stereocenters.